The average Bonchev–Trinajstić information content (AvgIpc) is 3.40. The van der Waals surface area contributed by atoms with Crippen LogP contribution in [0.5, 0.6) is 0 Å². The Balaban J connectivity index is 0.862. The summed E-state index contributed by atoms with van der Waals surface area (Å²) in [6.07, 6.45) is -15.7. The predicted octanol–water partition coefficient (Wildman–Crippen LogP) is -1.24. The van der Waals surface area contributed by atoms with E-state index in [1.165, 1.54) is 13.0 Å². The van der Waals surface area contributed by atoms with Crippen molar-refractivity contribution in [2.45, 2.75) is 144 Å². The van der Waals surface area contributed by atoms with Crippen LogP contribution in [0.1, 0.15) is 79.0 Å². The Morgan fingerprint density at radius 3 is 2.09 bits per heavy atom. The van der Waals surface area contributed by atoms with Crippen LogP contribution < -0.4 is 30.6 Å². The Morgan fingerprint density at radius 2 is 1.39 bits per heavy atom. The smallest absolute Gasteiger partial charge is 0.251 e. The Bertz CT molecular complexity index is 2660. The number of hydrogen-bond donors (Lipinski definition) is 10. The maximum absolute atomic E-state index is 13.3. The van der Waals surface area contributed by atoms with E-state index in [1.807, 2.05) is 74.1 Å². The molecule has 0 radical (unpaired) electrons. The minimum absolute atomic E-state index is 0.0938. The number of anilines is 1. The Kier molecular flexibility index (Phi) is 20.9. The van der Waals surface area contributed by atoms with E-state index in [0.29, 0.717) is 52.7 Å². The molecule has 1 aliphatic carbocycles. The average molecular weight is 1080 g/mol. The number of rotatable bonds is 23. The molecule has 2 aromatic carbocycles. The van der Waals surface area contributed by atoms with Crippen molar-refractivity contribution < 1.29 is 93.2 Å². The number of aliphatic hydroxyl groups excluding tert-OH is 8. The lowest BCUT2D eigenvalue weighted by molar-refractivity contribution is -0.386. The Morgan fingerprint density at radius 1 is 0.714 bits per heavy atom. The monoisotopic (exact) mass is 1080 g/mol. The van der Waals surface area contributed by atoms with E-state index in [0.717, 1.165) is 30.3 Å². The number of aromatic carboxylic acids is 1. The zero-order valence-electron chi connectivity index (χ0n) is 43.9. The van der Waals surface area contributed by atoms with E-state index in [1.54, 1.807) is 12.1 Å². The van der Waals surface area contributed by atoms with Crippen molar-refractivity contribution in [3.8, 4) is 22.5 Å². The van der Waals surface area contributed by atoms with Crippen LogP contribution in [0.2, 0.25) is 0 Å². The molecule has 3 fully saturated rings. The van der Waals surface area contributed by atoms with Gasteiger partial charge in [-0.3, -0.25) is 9.59 Å². The molecule has 23 heteroatoms. The number of ether oxygens (including phenoxy) is 6. The molecule has 0 saturated carbocycles. The highest BCUT2D eigenvalue weighted by atomic mass is 16.8. The third kappa shape index (κ3) is 14.3. The fourth-order valence-corrected chi connectivity index (χ4v) is 9.71. The number of amides is 2. The zero-order chi connectivity index (χ0) is 55.7. The molecule has 7 rings (SSSR count). The van der Waals surface area contributed by atoms with Gasteiger partial charge in [-0.2, -0.15) is 0 Å². The number of nitrogens with zero attached hydrogens (tertiary/aromatic N) is 2. The third-order valence-corrected chi connectivity index (χ3v) is 14.2. The van der Waals surface area contributed by atoms with Crippen LogP contribution in [-0.2, 0) is 33.2 Å². The molecule has 4 aliphatic heterocycles. The standard InChI is InChI=1S/C54H74N4O19/c1-28-44(64)46(66)47(67)53(72-28)77-49-48(76-52-37(62)25-36(61)40(26-59)74-52)45(65)41(27-60)75-54(49)71-21-11-9-7-6-8-10-12-42(63)55-19-20-56-50(68)29-13-16-32(35(22-29)51(69)70)43-33-17-14-30(57(2)3)23-38(33)73-39-24-31(58(4)5)15-18-34(39)43/h13-18,22-24,28,36-37,40-41,44-49,52-54,59-62,64-67H,6-12,19-21,25-27H2,1-5H3,(H2-,55,56,63,68,69,70)/t28-,36+,37+,40+,41+,44+,45-,46+,47-,48-,49+,52+,53-,54+/m0/s1. The molecule has 10 N–H and O–H groups in total. The first-order valence-corrected chi connectivity index (χ1v) is 26.1. The summed E-state index contributed by atoms with van der Waals surface area (Å²) < 4.78 is 43.6. The van der Waals surface area contributed by atoms with Gasteiger partial charge in [0.15, 0.2) is 18.9 Å². The summed E-state index contributed by atoms with van der Waals surface area (Å²) in [6, 6.07) is 15.8. The van der Waals surface area contributed by atoms with Gasteiger partial charge < -0.3 is 99.1 Å². The molecule has 0 bridgehead atoms. The molecule has 0 spiro atoms. The Labute approximate surface area is 445 Å². The van der Waals surface area contributed by atoms with Gasteiger partial charge in [-0.1, -0.05) is 31.7 Å². The minimum atomic E-state index is -1.76. The summed E-state index contributed by atoms with van der Waals surface area (Å²) in [4.78, 5) is 40.6. The summed E-state index contributed by atoms with van der Waals surface area (Å²) in [7, 11) is 7.65. The van der Waals surface area contributed by atoms with Crippen LogP contribution in [0.4, 0.5) is 5.69 Å². The number of carbonyl (C=O) groups is 3. The van der Waals surface area contributed by atoms with Crippen molar-refractivity contribution in [3.05, 3.63) is 71.1 Å². The summed E-state index contributed by atoms with van der Waals surface area (Å²) in [5.41, 5.74) is 3.05. The topological polar surface area (TPSA) is 335 Å². The highest BCUT2D eigenvalue weighted by molar-refractivity contribution is 6.09. The van der Waals surface area contributed by atoms with Crippen LogP contribution in [-0.4, -0.2) is 206 Å². The zero-order valence-corrected chi connectivity index (χ0v) is 43.9. The second kappa shape index (κ2) is 27.1. The van der Waals surface area contributed by atoms with E-state index in [-0.39, 0.29) is 49.6 Å². The molecule has 424 valence electrons. The first-order chi connectivity index (χ1) is 36.8. The fraction of sp³-hybridized carbons (Fsp3) is 0.593. The van der Waals surface area contributed by atoms with Crippen LogP contribution in [0.15, 0.2) is 59.0 Å². The molecule has 3 saturated heterocycles. The van der Waals surface area contributed by atoms with E-state index in [4.69, 9.17) is 32.8 Å². The first-order valence-electron chi connectivity index (χ1n) is 26.1. The normalized spacial score (nSPS) is 28.6. The number of aliphatic hydroxyl groups is 8. The van der Waals surface area contributed by atoms with Gasteiger partial charge in [-0.15, -0.1) is 0 Å². The number of carboxylic acid groups (broad SMARTS) is 1. The first kappa shape index (κ1) is 59.4. The van der Waals surface area contributed by atoms with Gasteiger partial charge in [-0.05, 0) is 55.7 Å². The fourth-order valence-electron chi connectivity index (χ4n) is 9.71. The number of carboxylic acids is 1. The second-order valence-electron chi connectivity index (χ2n) is 20.2. The lowest BCUT2D eigenvalue weighted by Crippen LogP contribution is -2.66. The van der Waals surface area contributed by atoms with Gasteiger partial charge in [0, 0.05) is 92.1 Å². The minimum Gasteiger partial charge on any atom is -0.545 e. The lowest BCUT2D eigenvalue weighted by Gasteiger charge is -2.48. The van der Waals surface area contributed by atoms with Gasteiger partial charge in [0.2, 0.25) is 11.3 Å². The molecule has 0 aromatic heterocycles. The van der Waals surface area contributed by atoms with Crippen LogP contribution in [0.3, 0.4) is 0 Å². The molecule has 4 heterocycles. The number of hydrogen-bond acceptors (Lipinski definition) is 20. The van der Waals surface area contributed by atoms with Gasteiger partial charge in [-0.25, -0.2) is 4.58 Å². The van der Waals surface area contributed by atoms with Gasteiger partial charge in [0.25, 0.3) is 5.91 Å². The third-order valence-electron chi connectivity index (χ3n) is 14.2. The van der Waals surface area contributed by atoms with Crippen molar-refractivity contribution >= 4 is 34.4 Å². The van der Waals surface area contributed by atoms with E-state index >= 15 is 0 Å². The molecule has 23 nitrogen and oxygen atoms in total. The van der Waals surface area contributed by atoms with Crippen molar-refractivity contribution in [1.82, 2.24) is 15.2 Å². The summed E-state index contributed by atoms with van der Waals surface area (Å²) in [5, 5.41) is 103. The number of benzene rings is 3. The van der Waals surface area contributed by atoms with Crippen LogP contribution >= 0.6 is 0 Å². The predicted molar refractivity (Wildman–Crippen MR) is 274 cm³/mol. The molecule has 2 aromatic rings. The lowest BCUT2D eigenvalue weighted by atomic mass is 9.89. The number of unbranched alkanes of at least 4 members (excludes halogenated alkanes) is 5. The van der Waals surface area contributed by atoms with Gasteiger partial charge in [0.05, 0.1) is 37.5 Å². The molecule has 2 amide bonds. The molecule has 14 atom stereocenters. The summed E-state index contributed by atoms with van der Waals surface area (Å²) in [5.74, 6) is -1.62. The molecule has 0 unspecified atom stereocenters. The summed E-state index contributed by atoms with van der Waals surface area (Å²) in [6.45, 7) is 0.496. The Hall–Kier alpha value is -5.22. The van der Waals surface area contributed by atoms with E-state index in [9.17, 15) is 60.3 Å². The highest BCUT2D eigenvalue weighted by Gasteiger charge is 2.53. The highest BCUT2D eigenvalue weighted by Crippen LogP contribution is 2.42. The van der Waals surface area contributed by atoms with Crippen LogP contribution in [0, 0.1) is 0 Å². The van der Waals surface area contributed by atoms with Crippen molar-refractivity contribution in [1.29, 1.82) is 0 Å². The summed E-state index contributed by atoms with van der Waals surface area (Å²) >= 11 is 0. The van der Waals surface area contributed by atoms with Gasteiger partial charge in [0.1, 0.15) is 80.4 Å². The second-order valence-corrected chi connectivity index (χ2v) is 20.2. The molecule has 5 aliphatic rings. The quantitative estimate of drug-likeness (QED) is 0.0236. The SMILES string of the molecule is C[C@@H]1O[C@@H](O[C@H]2[C@H](OCCCCCCCCC(=O)NCCNC(=O)c3ccc(-c4c5ccc(=[N+](C)C)cc-5oc5cc(N(C)C)ccc45)c(C(=O)[O-])c3)O[C@H](CO)[C@H](O)[C@@H]2O[C@H]2O[C@H](CO)[C@H](O)C[C@H]2O)[C@@H](O)[C@H](O)[C@@H]1O. The molecular weight excluding hydrogens is 1010 g/mol. The number of fused-ring (bicyclic) bond motifs is 2. The van der Waals surface area contributed by atoms with Crippen molar-refractivity contribution in [2.24, 2.45) is 0 Å². The molecule has 77 heavy (non-hydrogen) atoms. The van der Waals surface area contributed by atoms with Gasteiger partial charge >= 0.3 is 0 Å². The maximum atomic E-state index is 13.3. The maximum Gasteiger partial charge on any atom is 0.251 e. The van der Waals surface area contributed by atoms with E-state index in [2.05, 4.69) is 10.6 Å². The largest absolute Gasteiger partial charge is 0.545 e. The van der Waals surface area contributed by atoms with E-state index < -0.39 is 111 Å². The molecular formula is C54H74N4O19. The number of nitrogens with one attached hydrogen (secondary N) is 2. The van der Waals surface area contributed by atoms with Crippen molar-refractivity contribution in [3.63, 3.8) is 0 Å². The number of carbonyl (C=O) groups excluding carboxylic acids is 3. The van der Waals surface area contributed by atoms with Crippen LogP contribution in [0.25, 0.3) is 33.4 Å². The van der Waals surface area contributed by atoms with Crippen molar-refractivity contribution in [2.75, 3.05) is 66.0 Å².